The SMILES string of the molecule is CCN(CC)C(=O)CNc1ccc(S(=O)(=O)NC)cc1N. The van der Waals surface area contributed by atoms with E-state index in [4.69, 9.17) is 5.73 Å². The molecule has 4 N–H and O–H groups in total. The Morgan fingerprint density at radius 1 is 1.29 bits per heavy atom. The minimum Gasteiger partial charge on any atom is -0.397 e. The second-order valence-corrected chi connectivity index (χ2v) is 6.26. The third kappa shape index (κ3) is 4.33. The standard InChI is InChI=1S/C13H22N4O3S/c1-4-17(5-2)13(18)9-16-12-7-6-10(8-11(12)14)21(19,20)15-3/h6-8,15-16H,4-5,9,14H2,1-3H3. The van der Waals surface area contributed by atoms with E-state index in [0.29, 0.717) is 18.8 Å². The van der Waals surface area contributed by atoms with Crippen LogP contribution in [0, 0.1) is 0 Å². The molecule has 1 rings (SSSR count). The predicted octanol–water partition coefficient (Wildman–Crippen LogP) is 0.457. The van der Waals surface area contributed by atoms with E-state index >= 15 is 0 Å². The molecule has 1 amide bonds. The molecule has 1 aromatic carbocycles. The van der Waals surface area contributed by atoms with E-state index in [0.717, 1.165) is 0 Å². The Labute approximate surface area is 125 Å². The highest BCUT2D eigenvalue weighted by molar-refractivity contribution is 7.89. The van der Waals surface area contributed by atoms with Crippen LogP contribution in [0.25, 0.3) is 0 Å². The molecule has 0 atom stereocenters. The Bertz CT molecular complexity index is 597. The van der Waals surface area contributed by atoms with Crippen molar-refractivity contribution < 1.29 is 13.2 Å². The van der Waals surface area contributed by atoms with Crippen LogP contribution in [0.5, 0.6) is 0 Å². The first-order valence-corrected chi connectivity index (χ1v) is 8.18. The molecule has 0 aromatic heterocycles. The van der Waals surface area contributed by atoms with Gasteiger partial charge in [-0.15, -0.1) is 0 Å². The summed E-state index contributed by atoms with van der Waals surface area (Å²) in [6, 6.07) is 4.34. The number of carbonyl (C=O) groups excluding carboxylic acids is 1. The van der Waals surface area contributed by atoms with Crippen molar-refractivity contribution in [1.82, 2.24) is 9.62 Å². The van der Waals surface area contributed by atoms with Crippen LogP contribution in [0.3, 0.4) is 0 Å². The maximum Gasteiger partial charge on any atom is 0.241 e. The summed E-state index contributed by atoms with van der Waals surface area (Å²) in [7, 11) is -2.19. The van der Waals surface area contributed by atoms with E-state index in [1.807, 2.05) is 13.8 Å². The molecular formula is C13H22N4O3S. The van der Waals surface area contributed by atoms with Gasteiger partial charge in [-0.2, -0.15) is 0 Å². The summed E-state index contributed by atoms with van der Waals surface area (Å²) in [6.07, 6.45) is 0. The molecule has 0 saturated carbocycles. The number of nitrogens with zero attached hydrogens (tertiary/aromatic N) is 1. The highest BCUT2D eigenvalue weighted by Gasteiger charge is 2.14. The first kappa shape index (κ1) is 17.3. The van der Waals surface area contributed by atoms with E-state index in [-0.39, 0.29) is 23.0 Å². The number of anilines is 2. The molecule has 21 heavy (non-hydrogen) atoms. The van der Waals surface area contributed by atoms with Crippen LogP contribution < -0.4 is 15.8 Å². The lowest BCUT2D eigenvalue weighted by Crippen LogP contribution is -2.35. The highest BCUT2D eigenvalue weighted by Crippen LogP contribution is 2.22. The van der Waals surface area contributed by atoms with Gasteiger partial charge in [-0.3, -0.25) is 4.79 Å². The second kappa shape index (κ2) is 7.28. The molecule has 0 aliphatic carbocycles. The topological polar surface area (TPSA) is 105 Å². The minimum atomic E-state index is -3.52. The van der Waals surface area contributed by atoms with Crippen molar-refractivity contribution in [2.24, 2.45) is 0 Å². The van der Waals surface area contributed by atoms with Crippen molar-refractivity contribution in [3.8, 4) is 0 Å². The molecule has 1 aromatic rings. The van der Waals surface area contributed by atoms with Gasteiger partial charge in [-0.05, 0) is 39.1 Å². The third-order valence-corrected chi connectivity index (χ3v) is 4.56. The average molecular weight is 314 g/mol. The van der Waals surface area contributed by atoms with Crippen LogP contribution >= 0.6 is 0 Å². The zero-order valence-corrected chi connectivity index (χ0v) is 13.3. The van der Waals surface area contributed by atoms with Gasteiger partial charge in [0.15, 0.2) is 0 Å². The zero-order chi connectivity index (χ0) is 16.0. The molecule has 0 aliphatic heterocycles. The van der Waals surface area contributed by atoms with Crippen molar-refractivity contribution in [3.05, 3.63) is 18.2 Å². The fraction of sp³-hybridized carbons (Fsp3) is 0.462. The molecule has 7 nitrogen and oxygen atoms in total. The van der Waals surface area contributed by atoms with E-state index in [2.05, 4.69) is 10.0 Å². The molecule has 0 aliphatic rings. The Hall–Kier alpha value is -1.80. The van der Waals surface area contributed by atoms with Gasteiger partial charge in [0.25, 0.3) is 0 Å². The van der Waals surface area contributed by atoms with Gasteiger partial charge in [-0.25, -0.2) is 13.1 Å². The Kier molecular flexibility index (Phi) is 5.98. The minimum absolute atomic E-state index is 0.0358. The predicted molar refractivity (Wildman–Crippen MR) is 83.5 cm³/mol. The quantitative estimate of drug-likeness (QED) is 0.634. The summed E-state index contributed by atoms with van der Waals surface area (Å²) in [5.74, 6) is -0.0358. The van der Waals surface area contributed by atoms with Crippen molar-refractivity contribution >= 4 is 27.3 Å². The molecule has 0 saturated heterocycles. The number of hydrogen-bond donors (Lipinski definition) is 3. The Morgan fingerprint density at radius 3 is 2.38 bits per heavy atom. The first-order valence-electron chi connectivity index (χ1n) is 6.70. The van der Waals surface area contributed by atoms with E-state index < -0.39 is 10.0 Å². The summed E-state index contributed by atoms with van der Waals surface area (Å²) < 4.78 is 25.5. The number of nitrogens with two attached hydrogens (primary N) is 1. The summed E-state index contributed by atoms with van der Waals surface area (Å²) >= 11 is 0. The number of carbonyl (C=O) groups is 1. The van der Waals surface area contributed by atoms with Gasteiger partial charge in [0, 0.05) is 13.1 Å². The smallest absolute Gasteiger partial charge is 0.241 e. The summed E-state index contributed by atoms with van der Waals surface area (Å²) in [5, 5.41) is 2.93. The van der Waals surface area contributed by atoms with E-state index in [1.165, 1.54) is 19.2 Å². The monoisotopic (exact) mass is 314 g/mol. The fourth-order valence-electron chi connectivity index (χ4n) is 1.85. The first-order chi connectivity index (χ1) is 9.85. The van der Waals surface area contributed by atoms with Gasteiger partial charge in [0.05, 0.1) is 22.8 Å². The maximum atomic E-state index is 11.9. The molecule has 8 heteroatoms. The number of likely N-dealkylation sites (N-methyl/N-ethyl adjacent to an activating group) is 1. The highest BCUT2D eigenvalue weighted by atomic mass is 32.2. The number of nitrogen functional groups attached to an aromatic ring is 1. The number of hydrogen-bond acceptors (Lipinski definition) is 5. The summed E-state index contributed by atoms with van der Waals surface area (Å²) in [4.78, 5) is 13.7. The van der Waals surface area contributed by atoms with Gasteiger partial charge in [0.2, 0.25) is 15.9 Å². The zero-order valence-electron chi connectivity index (χ0n) is 12.5. The van der Waals surface area contributed by atoms with Crippen LogP contribution in [-0.2, 0) is 14.8 Å². The molecule has 0 fully saturated rings. The number of benzene rings is 1. The number of amides is 1. The average Bonchev–Trinajstić information content (AvgIpc) is 2.47. The van der Waals surface area contributed by atoms with E-state index in [1.54, 1.807) is 11.0 Å². The summed E-state index contributed by atoms with van der Waals surface area (Å²) in [5.41, 5.74) is 6.63. The molecule has 118 valence electrons. The molecule has 0 spiro atoms. The fourth-order valence-corrected chi connectivity index (χ4v) is 2.61. The van der Waals surface area contributed by atoms with Crippen LogP contribution in [0.1, 0.15) is 13.8 Å². The molecular weight excluding hydrogens is 292 g/mol. The van der Waals surface area contributed by atoms with Gasteiger partial charge < -0.3 is 16.0 Å². The van der Waals surface area contributed by atoms with Crippen molar-refractivity contribution in [1.29, 1.82) is 0 Å². The van der Waals surface area contributed by atoms with Crippen molar-refractivity contribution in [3.63, 3.8) is 0 Å². The number of rotatable bonds is 7. The molecule has 0 heterocycles. The Morgan fingerprint density at radius 2 is 1.90 bits per heavy atom. The lowest BCUT2D eigenvalue weighted by Gasteiger charge is -2.19. The van der Waals surface area contributed by atoms with Crippen LogP contribution in [0.15, 0.2) is 23.1 Å². The largest absolute Gasteiger partial charge is 0.397 e. The van der Waals surface area contributed by atoms with Crippen LogP contribution in [0.2, 0.25) is 0 Å². The lowest BCUT2D eigenvalue weighted by molar-refractivity contribution is -0.128. The molecule has 0 radical (unpaired) electrons. The van der Waals surface area contributed by atoms with Crippen LogP contribution in [-0.4, -0.2) is 45.9 Å². The normalized spacial score (nSPS) is 11.2. The van der Waals surface area contributed by atoms with Gasteiger partial charge >= 0.3 is 0 Å². The van der Waals surface area contributed by atoms with E-state index in [9.17, 15) is 13.2 Å². The van der Waals surface area contributed by atoms with Crippen molar-refractivity contribution in [2.75, 3.05) is 37.7 Å². The third-order valence-electron chi connectivity index (χ3n) is 3.15. The van der Waals surface area contributed by atoms with Gasteiger partial charge in [0.1, 0.15) is 0 Å². The van der Waals surface area contributed by atoms with Crippen molar-refractivity contribution in [2.45, 2.75) is 18.7 Å². The summed E-state index contributed by atoms with van der Waals surface area (Å²) in [6.45, 7) is 5.22. The van der Waals surface area contributed by atoms with Crippen LogP contribution in [0.4, 0.5) is 11.4 Å². The molecule has 0 unspecified atom stereocenters. The van der Waals surface area contributed by atoms with Gasteiger partial charge in [-0.1, -0.05) is 0 Å². The lowest BCUT2D eigenvalue weighted by atomic mass is 10.2. The number of sulfonamides is 1. The maximum absolute atomic E-state index is 11.9. The molecule has 0 bridgehead atoms. The Balaban J connectivity index is 2.81. The number of nitrogens with one attached hydrogen (secondary N) is 2. The second-order valence-electron chi connectivity index (χ2n) is 4.38.